The fourth-order valence-electron chi connectivity index (χ4n) is 1.73. The third-order valence-corrected chi connectivity index (χ3v) is 3.38. The van der Waals surface area contributed by atoms with Crippen molar-refractivity contribution in [2.75, 3.05) is 20.3 Å². The average molecular weight is 337 g/mol. The molecule has 0 spiro atoms. The van der Waals surface area contributed by atoms with E-state index in [4.69, 9.17) is 14.2 Å². The molecule has 4 heteroatoms. The van der Waals surface area contributed by atoms with Crippen LogP contribution in [0.25, 0.3) is 0 Å². The molecule has 0 unspecified atom stereocenters. The Morgan fingerprint density at radius 1 is 0.900 bits per heavy atom. The molecular weight excluding hydrogens is 320 g/mol. The number of hydrogen-bond donors (Lipinski definition) is 0. The van der Waals surface area contributed by atoms with Crippen LogP contribution in [0.1, 0.15) is 5.56 Å². The first-order valence-electron chi connectivity index (χ1n) is 6.37. The van der Waals surface area contributed by atoms with Gasteiger partial charge in [0.05, 0.1) is 7.11 Å². The van der Waals surface area contributed by atoms with Gasteiger partial charge in [-0.25, -0.2) is 0 Å². The lowest BCUT2D eigenvalue weighted by Gasteiger charge is -2.12. The second kappa shape index (κ2) is 7.80. The van der Waals surface area contributed by atoms with Crippen molar-refractivity contribution in [3.8, 4) is 17.2 Å². The van der Waals surface area contributed by atoms with Gasteiger partial charge in [-0.1, -0.05) is 40.2 Å². The van der Waals surface area contributed by atoms with E-state index in [0.717, 1.165) is 28.1 Å². The highest BCUT2D eigenvalue weighted by molar-refractivity contribution is 9.08. The summed E-state index contributed by atoms with van der Waals surface area (Å²) in [4.78, 5) is 0. The molecule has 106 valence electrons. The van der Waals surface area contributed by atoms with Crippen LogP contribution in [0.2, 0.25) is 0 Å². The normalized spacial score (nSPS) is 10.1. The van der Waals surface area contributed by atoms with Gasteiger partial charge in [-0.15, -0.1) is 0 Å². The number of rotatable bonds is 7. The molecule has 0 N–H and O–H groups in total. The molecule has 0 aliphatic heterocycles. The molecule has 0 saturated heterocycles. The van der Waals surface area contributed by atoms with Crippen LogP contribution in [0, 0.1) is 0 Å². The Bertz CT molecular complexity index is 529. The summed E-state index contributed by atoms with van der Waals surface area (Å²) < 4.78 is 16.6. The van der Waals surface area contributed by atoms with Gasteiger partial charge in [0.25, 0.3) is 0 Å². The minimum absolute atomic E-state index is 0.488. The lowest BCUT2D eigenvalue weighted by Crippen LogP contribution is -2.09. The van der Waals surface area contributed by atoms with E-state index in [1.807, 2.05) is 48.5 Å². The first-order valence-corrected chi connectivity index (χ1v) is 7.49. The SMILES string of the molecule is COc1ccc(CBr)c(OCCOc2ccccc2)c1. The standard InChI is InChI=1S/C16H17BrO3/c1-18-15-8-7-13(12-17)16(11-15)20-10-9-19-14-5-3-2-4-6-14/h2-8,11H,9-10,12H2,1H3. The minimum Gasteiger partial charge on any atom is -0.497 e. The Hall–Kier alpha value is -1.68. The molecule has 2 rings (SSSR count). The summed E-state index contributed by atoms with van der Waals surface area (Å²) in [5, 5.41) is 0.742. The molecule has 3 nitrogen and oxygen atoms in total. The highest BCUT2D eigenvalue weighted by Crippen LogP contribution is 2.26. The van der Waals surface area contributed by atoms with Crippen LogP contribution in [-0.2, 0) is 5.33 Å². The van der Waals surface area contributed by atoms with E-state index in [1.54, 1.807) is 7.11 Å². The zero-order valence-electron chi connectivity index (χ0n) is 11.3. The van der Waals surface area contributed by atoms with Crippen LogP contribution in [0.3, 0.4) is 0 Å². The lowest BCUT2D eigenvalue weighted by molar-refractivity contribution is 0.215. The highest BCUT2D eigenvalue weighted by atomic mass is 79.9. The van der Waals surface area contributed by atoms with Crippen molar-refractivity contribution in [3.05, 3.63) is 54.1 Å². The van der Waals surface area contributed by atoms with Gasteiger partial charge in [0.2, 0.25) is 0 Å². The molecule has 0 heterocycles. The molecule has 2 aromatic rings. The van der Waals surface area contributed by atoms with E-state index in [0.29, 0.717) is 13.2 Å². The van der Waals surface area contributed by atoms with Gasteiger partial charge < -0.3 is 14.2 Å². The van der Waals surface area contributed by atoms with Crippen LogP contribution in [-0.4, -0.2) is 20.3 Å². The van der Waals surface area contributed by atoms with Crippen LogP contribution in [0.15, 0.2) is 48.5 Å². The van der Waals surface area contributed by atoms with E-state index in [-0.39, 0.29) is 0 Å². The summed E-state index contributed by atoms with van der Waals surface area (Å²) in [7, 11) is 1.64. The smallest absolute Gasteiger partial charge is 0.127 e. The Balaban J connectivity index is 1.87. The van der Waals surface area contributed by atoms with Gasteiger partial charge in [0.15, 0.2) is 0 Å². The monoisotopic (exact) mass is 336 g/mol. The molecule has 0 fully saturated rings. The summed E-state index contributed by atoms with van der Waals surface area (Å²) in [5.41, 5.74) is 1.09. The van der Waals surface area contributed by atoms with Crippen molar-refractivity contribution in [1.29, 1.82) is 0 Å². The summed E-state index contributed by atoms with van der Waals surface area (Å²) in [6, 6.07) is 15.5. The summed E-state index contributed by atoms with van der Waals surface area (Å²) in [6.45, 7) is 0.991. The molecule has 0 aliphatic rings. The molecule has 20 heavy (non-hydrogen) atoms. The number of benzene rings is 2. The Morgan fingerprint density at radius 2 is 1.65 bits per heavy atom. The molecule has 0 aromatic heterocycles. The molecule has 0 aliphatic carbocycles. The number of hydrogen-bond acceptors (Lipinski definition) is 3. The van der Waals surface area contributed by atoms with Crippen molar-refractivity contribution >= 4 is 15.9 Å². The number of alkyl halides is 1. The maximum absolute atomic E-state index is 5.76. The number of para-hydroxylation sites is 1. The Morgan fingerprint density at radius 3 is 2.35 bits per heavy atom. The Kier molecular flexibility index (Phi) is 5.74. The minimum atomic E-state index is 0.488. The number of methoxy groups -OCH3 is 1. The van der Waals surface area contributed by atoms with Gasteiger partial charge in [-0.2, -0.15) is 0 Å². The molecule has 0 atom stereocenters. The zero-order valence-corrected chi connectivity index (χ0v) is 12.9. The van der Waals surface area contributed by atoms with E-state index in [2.05, 4.69) is 15.9 Å². The average Bonchev–Trinajstić information content (AvgIpc) is 2.52. The maximum atomic E-state index is 5.76. The summed E-state index contributed by atoms with van der Waals surface area (Å²) in [6.07, 6.45) is 0. The fourth-order valence-corrected chi connectivity index (χ4v) is 2.20. The first kappa shape index (κ1) is 14.7. The maximum Gasteiger partial charge on any atom is 0.127 e. The van der Waals surface area contributed by atoms with E-state index in [1.165, 1.54) is 0 Å². The zero-order chi connectivity index (χ0) is 14.2. The predicted octanol–water partition coefficient (Wildman–Crippen LogP) is 4.05. The van der Waals surface area contributed by atoms with E-state index < -0.39 is 0 Å². The van der Waals surface area contributed by atoms with Crippen molar-refractivity contribution < 1.29 is 14.2 Å². The highest BCUT2D eigenvalue weighted by Gasteiger charge is 2.05. The fraction of sp³-hybridized carbons (Fsp3) is 0.250. The number of ether oxygens (including phenoxy) is 3. The first-order chi connectivity index (χ1) is 9.83. The largest absolute Gasteiger partial charge is 0.497 e. The molecule has 0 radical (unpaired) electrons. The summed E-state index contributed by atoms with van der Waals surface area (Å²) in [5.74, 6) is 2.45. The second-order valence-electron chi connectivity index (χ2n) is 4.12. The summed E-state index contributed by atoms with van der Waals surface area (Å²) >= 11 is 3.45. The molecule has 0 amide bonds. The third-order valence-electron chi connectivity index (χ3n) is 2.77. The van der Waals surface area contributed by atoms with Crippen molar-refractivity contribution in [3.63, 3.8) is 0 Å². The Labute approximate surface area is 127 Å². The van der Waals surface area contributed by atoms with Gasteiger partial charge in [0.1, 0.15) is 30.5 Å². The third kappa shape index (κ3) is 4.17. The van der Waals surface area contributed by atoms with Crippen LogP contribution in [0.5, 0.6) is 17.2 Å². The quantitative estimate of drug-likeness (QED) is 0.564. The topological polar surface area (TPSA) is 27.7 Å². The predicted molar refractivity (Wildman–Crippen MR) is 83.1 cm³/mol. The molecular formula is C16H17BrO3. The van der Waals surface area contributed by atoms with E-state index >= 15 is 0 Å². The van der Waals surface area contributed by atoms with Crippen LogP contribution < -0.4 is 14.2 Å². The van der Waals surface area contributed by atoms with Crippen molar-refractivity contribution in [2.24, 2.45) is 0 Å². The lowest BCUT2D eigenvalue weighted by atomic mass is 10.2. The van der Waals surface area contributed by atoms with Gasteiger partial charge in [-0.3, -0.25) is 0 Å². The van der Waals surface area contributed by atoms with Crippen LogP contribution >= 0.6 is 15.9 Å². The van der Waals surface area contributed by atoms with E-state index in [9.17, 15) is 0 Å². The molecule has 2 aromatic carbocycles. The van der Waals surface area contributed by atoms with Crippen molar-refractivity contribution in [1.82, 2.24) is 0 Å². The van der Waals surface area contributed by atoms with Crippen LogP contribution in [0.4, 0.5) is 0 Å². The molecule has 0 saturated carbocycles. The van der Waals surface area contributed by atoms with Gasteiger partial charge >= 0.3 is 0 Å². The number of halogens is 1. The van der Waals surface area contributed by atoms with Gasteiger partial charge in [0, 0.05) is 17.0 Å². The molecule has 0 bridgehead atoms. The van der Waals surface area contributed by atoms with Crippen molar-refractivity contribution in [2.45, 2.75) is 5.33 Å². The van der Waals surface area contributed by atoms with Gasteiger partial charge in [-0.05, 0) is 18.2 Å². The second-order valence-corrected chi connectivity index (χ2v) is 4.68.